The molecule has 5 heteroatoms. The molecule has 0 radical (unpaired) electrons. The van der Waals surface area contributed by atoms with Crippen molar-refractivity contribution < 1.29 is 9.53 Å². The van der Waals surface area contributed by atoms with E-state index in [0.717, 1.165) is 0 Å². The second kappa shape index (κ2) is 4.39. The number of aromatic nitrogens is 2. The summed E-state index contributed by atoms with van der Waals surface area (Å²) in [4.78, 5) is 18.8. The molecule has 0 aromatic carbocycles. The zero-order valence-electron chi connectivity index (χ0n) is 7.57. The molecule has 5 nitrogen and oxygen atoms in total. The van der Waals surface area contributed by atoms with Crippen LogP contribution in [0.5, 0.6) is 5.88 Å². The first-order valence-electron chi connectivity index (χ1n) is 3.92. The van der Waals surface area contributed by atoms with E-state index in [0.29, 0.717) is 18.1 Å². The molecule has 0 aliphatic heterocycles. The van der Waals surface area contributed by atoms with E-state index in [4.69, 9.17) is 4.74 Å². The fourth-order valence-electron chi connectivity index (χ4n) is 0.738. The van der Waals surface area contributed by atoms with Crippen LogP contribution in [0.2, 0.25) is 0 Å². The van der Waals surface area contributed by atoms with Crippen molar-refractivity contribution in [1.29, 1.82) is 0 Å². The number of rotatable bonds is 3. The molecular formula is C8H11N3O2. The third kappa shape index (κ3) is 2.70. The minimum absolute atomic E-state index is 0.0949. The smallest absolute Gasteiger partial charge is 0.233 e. The molecule has 1 N–H and O–H groups in total. The van der Waals surface area contributed by atoms with Gasteiger partial charge in [-0.05, 0) is 0 Å². The van der Waals surface area contributed by atoms with Gasteiger partial charge in [0.2, 0.25) is 11.8 Å². The summed E-state index contributed by atoms with van der Waals surface area (Å²) in [7, 11) is 1.50. The third-order valence-electron chi connectivity index (χ3n) is 1.41. The number of ether oxygens (including phenoxy) is 1. The lowest BCUT2D eigenvalue weighted by Gasteiger charge is -2.02. The monoisotopic (exact) mass is 181 g/mol. The van der Waals surface area contributed by atoms with Gasteiger partial charge in [-0.1, -0.05) is 6.92 Å². The normalized spacial score (nSPS) is 9.38. The van der Waals surface area contributed by atoms with E-state index in [-0.39, 0.29) is 5.91 Å². The number of carbonyl (C=O) groups is 1. The van der Waals surface area contributed by atoms with Gasteiger partial charge in [-0.15, -0.1) is 0 Å². The number of nitrogens with one attached hydrogen (secondary N) is 1. The quantitative estimate of drug-likeness (QED) is 0.750. The molecule has 0 atom stereocenters. The summed E-state index contributed by atoms with van der Waals surface area (Å²) in [6, 6.07) is 0. The van der Waals surface area contributed by atoms with Crippen molar-refractivity contribution in [2.75, 3.05) is 12.4 Å². The summed E-state index contributed by atoms with van der Waals surface area (Å²) in [6.45, 7) is 1.77. The number of anilines is 1. The van der Waals surface area contributed by atoms with Crippen molar-refractivity contribution in [3.8, 4) is 5.88 Å². The van der Waals surface area contributed by atoms with E-state index in [9.17, 15) is 4.79 Å². The van der Waals surface area contributed by atoms with E-state index in [1.165, 1.54) is 19.5 Å². The molecule has 0 fully saturated rings. The lowest BCUT2D eigenvalue weighted by atomic mass is 10.4. The summed E-state index contributed by atoms with van der Waals surface area (Å²) in [5, 5.41) is 2.57. The molecule has 1 rings (SSSR count). The molecule has 0 aliphatic rings. The molecule has 0 unspecified atom stereocenters. The van der Waals surface area contributed by atoms with E-state index < -0.39 is 0 Å². The Balaban J connectivity index is 2.71. The lowest BCUT2D eigenvalue weighted by molar-refractivity contribution is -0.115. The van der Waals surface area contributed by atoms with Crippen LogP contribution in [-0.4, -0.2) is 23.0 Å². The predicted molar refractivity (Wildman–Crippen MR) is 47.5 cm³/mol. The highest BCUT2D eigenvalue weighted by Crippen LogP contribution is 2.07. The first-order valence-corrected chi connectivity index (χ1v) is 3.92. The first-order chi connectivity index (χ1) is 6.26. The zero-order valence-corrected chi connectivity index (χ0v) is 7.57. The first kappa shape index (κ1) is 9.44. The number of hydrogen-bond acceptors (Lipinski definition) is 4. The Bertz CT molecular complexity index is 301. The SMILES string of the molecule is CCC(=O)Nc1cncc(OC)n1. The third-order valence-corrected chi connectivity index (χ3v) is 1.41. The molecule has 1 heterocycles. The molecule has 0 saturated heterocycles. The number of methoxy groups -OCH3 is 1. The maximum absolute atomic E-state index is 11.0. The zero-order chi connectivity index (χ0) is 9.68. The van der Waals surface area contributed by atoms with Gasteiger partial charge in [0.25, 0.3) is 0 Å². The van der Waals surface area contributed by atoms with Crippen LogP contribution in [0.15, 0.2) is 12.4 Å². The topological polar surface area (TPSA) is 64.1 Å². The lowest BCUT2D eigenvalue weighted by Crippen LogP contribution is -2.11. The van der Waals surface area contributed by atoms with Crippen molar-refractivity contribution in [2.45, 2.75) is 13.3 Å². The van der Waals surface area contributed by atoms with Crippen LogP contribution in [-0.2, 0) is 4.79 Å². The van der Waals surface area contributed by atoms with Gasteiger partial charge in [0, 0.05) is 6.42 Å². The van der Waals surface area contributed by atoms with Crippen molar-refractivity contribution in [1.82, 2.24) is 9.97 Å². The molecule has 0 saturated carbocycles. The number of hydrogen-bond donors (Lipinski definition) is 1. The molecule has 70 valence electrons. The van der Waals surface area contributed by atoms with Gasteiger partial charge in [-0.2, -0.15) is 4.98 Å². The van der Waals surface area contributed by atoms with Crippen LogP contribution in [0.3, 0.4) is 0 Å². The number of nitrogens with zero attached hydrogens (tertiary/aromatic N) is 2. The van der Waals surface area contributed by atoms with Gasteiger partial charge in [-0.3, -0.25) is 9.78 Å². The van der Waals surface area contributed by atoms with Gasteiger partial charge in [0.15, 0.2) is 5.82 Å². The second-order valence-corrected chi connectivity index (χ2v) is 2.35. The van der Waals surface area contributed by atoms with Crippen molar-refractivity contribution in [2.24, 2.45) is 0 Å². The van der Waals surface area contributed by atoms with E-state index in [1.54, 1.807) is 6.92 Å². The summed E-state index contributed by atoms with van der Waals surface area (Å²) in [6.07, 6.45) is 3.36. The maximum Gasteiger partial charge on any atom is 0.233 e. The van der Waals surface area contributed by atoms with E-state index >= 15 is 0 Å². The van der Waals surface area contributed by atoms with Gasteiger partial charge in [-0.25, -0.2) is 0 Å². The van der Waals surface area contributed by atoms with Crippen molar-refractivity contribution in [3.05, 3.63) is 12.4 Å². The Hall–Kier alpha value is -1.65. The minimum atomic E-state index is -0.0949. The standard InChI is InChI=1S/C8H11N3O2/c1-3-7(12)10-6-4-9-5-8(11-6)13-2/h4-5H,3H2,1-2H3,(H,10,11,12). The maximum atomic E-state index is 11.0. The molecule has 13 heavy (non-hydrogen) atoms. The average molecular weight is 181 g/mol. The van der Waals surface area contributed by atoms with Crippen LogP contribution in [0.25, 0.3) is 0 Å². The van der Waals surface area contributed by atoms with Crippen LogP contribution < -0.4 is 10.1 Å². The molecule has 1 amide bonds. The van der Waals surface area contributed by atoms with Gasteiger partial charge in [0.1, 0.15) is 0 Å². The van der Waals surface area contributed by atoms with E-state index in [1.807, 2.05) is 0 Å². The van der Waals surface area contributed by atoms with E-state index in [2.05, 4.69) is 15.3 Å². The summed E-state index contributed by atoms with van der Waals surface area (Å²) < 4.78 is 4.85. The Labute approximate surface area is 76.2 Å². The fourth-order valence-corrected chi connectivity index (χ4v) is 0.738. The largest absolute Gasteiger partial charge is 0.480 e. The van der Waals surface area contributed by atoms with Crippen molar-refractivity contribution >= 4 is 11.7 Å². The highest BCUT2D eigenvalue weighted by Gasteiger charge is 2.01. The Kier molecular flexibility index (Phi) is 3.19. The summed E-state index contributed by atoms with van der Waals surface area (Å²) in [5.41, 5.74) is 0. The highest BCUT2D eigenvalue weighted by molar-refractivity contribution is 5.89. The average Bonchev–Trinajstić information content (AvgIpc) is 2.18. The number of carbonyl (C=O) groups excluding carboxylic acids is 1. The molecule has 0 aliphatic carbocycles. The minimum Gasteiger partial charge on any atom is -0.480 e. The Morgan fingerprint density at radius 2 is 2.38 bits per heavy atom. The summed E-state index contributed by atoms with van der Waals surface area (Å²) >= 11 is 0. The van der Waals surface area contributed by atoms with Crippen LogP contribution in [0.1, 0.15) is 13.3 Å². The number of amides is 1. The van der Waals surface area contributed by atoms with Crippen LogP contribution in [0.4, 0.5) is 5.82 Å². The van der Waals surface area contributed by atoms with Gasteiger partial charge >= 0.3 is 0 Å². The molecular weight excluding hydrogens is 170 g/mol. The van der Waals surface area contributed by atoms with Gasteiger partial charge < -0.3 is 10.1 Å². The molecule has 0 spiro atoms. The molecule has 1 aromatic heterocycles. The van der Waals surface area contributed by atoms with Gasteiger partial charge in [0.05, 0.1) is 19.5 Å². The summed E-state index contributed by atoms with van der Waals surface area (Å²) in [5.74, 6) is 0.697. The fraction of sp³-hybridized carbons (Fsp3) is 0.375. The highest BCUT2D eigenvalue weighted by atomic mass is 16.5. The second-order valence-electron chi connectivity index (χ2n) is 2.35. The Morgan fingerprint density at radius 1 is 1.62 bits per heavy atom. The van der Waals surface area contributed by atoms with Crippen LogP contribution in [0, 0.1) is 0 Å². The van der Waals surface area contributed by atoms with Crippen molar-refractivity contribution in [3.63, 3.8) is 0 Å². The molecule has 1 aromatic rings. The predicted octanol–water partition coefficient (Wildman–Crippen LogP) is 0.834. The van der Waals surface area contributed by atoms with Crippen LogP contribution >= 0.6 is 0 Å². The Morgan fingerprint density at radius 3 is 3.00 bits per heavy atom. The molecule has 0 bridgehead atoms.